The Kier molecular flexibility index (Phi) is 4.44. The molecule has 0 bridgehead atoms. The molecule has 0 unspecified atom stereocenters. The van der Waals surface area contributed by atoms with Gasteiger partial charge in [-0.25, -0.2) is 13.6 Å². The van der Waals surface area contributed by atoms with Gasteiger partial charge in [-0.1, -0.05) is 18.2 Å². The van der Waals surface area contributed by atoms with Crippen molar-refractivity contribution in [2.45, 2.75) is 11.1 Å². The SMILES string of the molecule is NS(=O)(=O)c1cccc(C(=O)Nc2ccccc2C(F)(F)F)c1. The number of carbonyl (C=O) groups excluding carboxylic acids is 1. The number of primary sulfonamides is 1. The molecule has 9 heteroatoms. The normalized spacial score (nSPS) is 12.0. The molecule has 0 radical (unpaired) electrons. The van der Waals surface area contributed by atoms with Crippen molar-refractivity contribution in [1.29, 1.82) is 0 Å². The standard InChI is InChI=1S/C14H11F3N2O3S/c15-14(16,17)11-6-1-2-7-12(11)19-13(20)9-4-3-5-10(8-9)23(18,21)22/h1-8H,(H,19,20)(H2,18,21,22). The van der Waals surface area contributed by atoms with Crippen LogP contribution < -0.4 is 10.5 Å². The number of alkyl halides is 3. The van der Waals surface area contributed by atoms with Gasteiger partial charge in [0, 0.05) is 5.56 Å². The molecule has 0 aliphatic carbocycles. The largest absolute Gasteiger partial charge is 0.418 e. The fourth-order valence-electron chi connectivity index (χ4n) is 1.85. The Balaban J connectivity index is 2.35. The molecule has 0 saturated heterocycles. The Morgan fingerprint density at radius 1 is 1.04 bits per heavy atom. The van der Waals surface area contributed by atoms with Gasteiger partial charge in [-0.3, -0.25) is 4.79 Å². The first kappa shape index (κ1) is 17.0. The maximum Gasteiger partial charge on any atom is 0.418 e. The van der Waals surface area contributed by atoms with Crippen LogP contribution in [0.25, 0.3) is 0 Å². The smallest absolute Gasteiger partial charge is 0.321 e. The molecular weight excluding hydrogens is 333 g/mol. The fraction of sp³-hybridized carbons (Fsp3) is 0.0714. The molecule has 2 rings (SSSR count). The molecule has 122 valence electrons. The van der Waals surface area contributed by atoms with Gasteiger partial charge in [-0.15, -0.1) is 0 Å². The van der Waals surface area contributed by atoms with Crippen molar-refractivity contribution in [3.05, 3.63) is 59.7 Å². The molecule has 0 aliphatic heterocycles. The van der Waals surface area contributed by atoms with Crippen LogP contribution in [-0.4, -0.2) is 14.3 Å². The molecule has 3 N–H and O–H groups in total. The second kappa shape index (κ2) is 6.01. The molecule has 0 heterocycles. The second-order valence-electron chi connectivity index (χ2n) is 4.57. The maximum absolute atomic E-state index is 12.9. The zero-order chi connectivity index (χ0) is 17.3. The van der Waals surface area contributed by atoms with Gasteiger partial charge in [-0.2, -0.15) is 13.2 Å². The van der Waals surface area contributed by atoms with Gasteiger partial charge in [0.05, 0.1) is 16.1 Å². The molecule has 1 amide bonds. The van der Waals surface area contributed by atoms with Crippen molar-refractivity contribution in [2.24, 2.45) is 5.14 Å². The van der Waals surface area contributed by atoms with E-state index in [1.54, 1.807) is 0 Å². The van der Waals surface area contributed by atoms with Crippen molar-refractivity contribution in [1.82, 2.24) is 0 Å². The summed E-state index contributed by atoms with van der Waals surface area (Å²) in [5.41, 5.74) is -1.56. The highest BCUT2D eigenvalue weighted by Crippen LogP contribution is 2.34. The van der Waals surface area contributed by atoms with Gasteiger partial charge < -0.3 is 5.32 Å². The first-order valence-corrected chi connectivity index (χ1v) is 7.74. The Morgan fingerprint density at radius 2 is 1.70 bits per heavy atom. The van der Waals surface area contributed by atoms with Crippen molar-refractivity contribution in [3.8, 4) is 0 Å². The van der Waals surface area contributed by atoms with Crippen molar-refractivity contribution < 1.29 is 26.4 Å². The van der Waals surface area contributed by atoms with Crippen molar-refractivity contribution in [2.75, 3.05) is 5.32 Å². The summed E-state index contributed by atoms with van der Waals surface area (Å²) in [5.74, 6) is -0.882. The fourth-order valence-corrected chi connectivity index (χ4v) is 2.41. The van der Waals surface area contributed by atoms with E-state index in [2.05, 4.69) is 5.32 Å². The number of carbonyl (C=O) groups is 1. The van der Waals surface area contributed by atoms with Gasteiger partial charge in [0.25, 0.3) is 5.91 Å². The van der Waals surface area contributed by atoms with Crippen molar-refractivity contribution >= 4 is 21.6 Å². The van der Waals surface area contributed by atoms with E-state index in [0.29, 0.717) is 0 Å². The number of para-hydroxylation sites is 1. The van der Waals surface area contributed by atoms with Crippen LogP contribution in [0.5, 0.6) is 0 Å². The lowest BCUT2D eigenvalue weighted by molar-refractivity contribution is -0.136. The number of hydrogen-bond donors (Lipinski definition) is 2. The minimum atomic E-state index is -4.63. The average Bonchev–Trinajstić information content (AvgIpc) is 2.46. The molecular formula is C14H11F3N2O3S. The highest BCUT2D eigenvalue weighted by Gasteiger charge is 2.33. The summed E-state index contributed by atoms with van der Waals surface area (Å²) in [6, 6.07) is 9.16. The first-order chi connectivity index (χ1) is 10.6. The highest BCUT2D eigenvalue weighted by molar-refractivity contribution is 7.89. The molecule has 0 aliphatic rings. The van der Waals surface area contributed by atoms with E-state index in [-0.39, 0.29) is 10.5 Å². The molecule has 2 aromatic rings. The monoisotopic (exact) mass is 344 g/mol. The number of sulfonamides is 1. The van der Waals surface area contributed by atoms with E-state index < -0.39 is 33.4 Å². The number of benzene rings is 2. The van der Waals surface area contributed by atoms with Crippen LogP contribution in [0.4, 0.5) is 18.9 Å². The number of nitrogens with two attached hydrogens (primary N) is 1. The second-order valence-corrected chi connectivity index (χ2v) is 6.13. The zero-order valence-electron chi connectivity index (χ0n) is 11.5. The third kappa shape index (κ3) is 4.08. The van der Waals surface area contributed by atoms with E-state index >= 15 is 0 Å². The van der Waals surface area contributed by atoms with Crippen LogP contribution in [-0.2, 0) is 16.2 Å². The average molecular weight is 344 g/mol. The summed E-state index contributed by atoms with van der Waals surface area (Å²) in [6.45, 7) is 0. The van der Waals surface area contributed by atoms with E-state index in [0.717, 1.165) is 18.2 Å². The van der Waals surface area contributed by atoms with Gasteiger partial charge in [0.15, 0.2) is 0 Å². The Bertz CT molecular complexity index is 848. The number of hydrogen-bond acceptors (Lipinski definition) is 3. The van der Waals surface area contributed by atoms with Gasteiger partial charge >= 0.3 is 6.18 Å². The third-order valence-corrected chi connectivity index (χ3v) is 3.82. The Labute approximate surface area is 130 Å². The van der Waals surface area contributed by atoms with E-state index in [1.807, 2.05) is 0 Å². The minimum Gasteiger partial charge on any atom is -0.321 e. The number of nitrogens with one attached hydrogen (secondary N) is 1. The summed E-state index contributed by atoms with van der Waals surface area (Å²) in [5, 5.41) is 7.07. The summed E-state index contributed by atoms with van der Waals surface area (Å²) in [7, 11) is -4.02. The van der Waals surface area contributed by atoms with Gasteiger partial charge in [-0.05, 0) is 30.3 Å². The van der Waals surface area contributed by atoms with Crippen LogP contribution in [0.2, 0.25) is 0 Å². The third-order valence-electron chi connectivity index (χ3n) is 2.91. The lowest BCUT2D eigenvalue weighted by atomic mass is 10.1. The molecule has 0 aromatic heterocycles. The van der Waals surface area contributed by atoms with E-state index in [9.17, 15) is 26.4 Å². The predicted octanol–water partition coefficient (Wildman–Crippen LogP) is 2.61. The minimum absolute atomic E-state index is 0.131. The van der Waals surface area contributed by atoms with Crippen LogP contribution in [0.1, 0.15) is 15.9 Å². The highest BCUT2D eigenvalue weighted by atomic mass is 32.2. The van der Waals surface area contributed by atoms with Crippen LogP contribution >= 0.6 is 0 Å². The zero-order valence-corrected chi connectivity index (χ0v) is 12.3. The Morgan fingerprint density at radius 3 is 2.30 bits per heavy atom. The quantitative estimate of drug-likeness (QED) is 0.897. The predicted molar refractivity (Wildman–Crippen MR) is 77.2 cm³/mol. The van der Waals surface area contributed by atoms with Crippen LogP contribution in [0, 0.1) is 0 Å². The maximum atomic E-state index is 12.9. The molecule has 2 aromatic carbocycles. The lowest BCUT2D eigenvalue weighted by Gasteiger charge is -2.13. The molecule has 23 heavy (non-hydrogen) atoms. The summed E-state index contributed by atoms with van der Waals surface area (Å²) >= 11 is 0. The molecule has 0 saturated carbocycles. The number of anilines is 1. The summed E-state index contributed by atoms with van der Waals surface area (Å²) < 4.78 is 61.1. The lowest BCUT2D eigenvalue weighted by Crippen LogP contribution is -2.18. The van der Waals surface area contributed by atoms with Crippen molar-refractivity contribution in [3.63, 3.8) is 0 Å². The van der Waals surface area contributed by atoms with Crippen LogP contribution in [0.3, 0.4) is 0 Å². The molecule has 0 fully saturated rings. The molecule has 0 atom stereocenters. The van der Waals surface area contributed by atoms with E-state index in [4.69, 9.17) is 5.14 Å². The van der Waals surface area contributed by atoms with Crippen LogP contribution in [0.15, 0.2) is 53.4 Å². The van der Waals surface area contributed by atoms with Gasteiger partial charge in [0.1, 0.15) is 0 Å². The molecule has 5 nitrogen and oxygen atoms in total. The topological polar surface area (TPSA) is 89.3 Å². The number of amides is 1. The van der Waals surface area contributed by atoms with Gasteiger partial charge in [0.2, 0.25) is 10.0 Å². The number of halogens is 3. The summed E-state index contributed by atoms with van der Waals surface area (Å²) in [4.78, 5) is 11.7. The number of rotatable bonds is 3. The summed E-state index contributed by atoms with van der Waals surface area (Å²) in [6.07, 6.45) is -4.63. The van der Waals surface area contributed by atoms with E-state index in [1.165, 1.54) is 30.3 Å². The Hall–Kier alpha value is -2.39. The first-order valence-electron chi connectivity index (χ1n) is 6.19. The molecule has 0 spiro atoms.